The number of carboxylic acid groups (broad SMARTS) is 1. The quantitative estimate of drug-likeness (QED) is 0.401. The topological polar surface area (TPSA) is 70.7 Å². The van der Waals surface area contributed by atoms with E-state index in [2.05, 4.69) is 0 Å². The molecule has 0 aliphatic rings. The molecule has 1 heterocycles. The van der Waals surface area contributed by atoms with Gasteiger partial charge in [0.2, 0.25) is 0 Å². The predicted octanol–water partition coefficient (Wildman–Crippen LogP) is 6.37. The zero-order chi connectivity index (χ0) is 24.0. The molecule has 0 bridgehead atoms. The van der Waals surface area contributed by atoms with Crippen LogP contribution in [0.1, 0.15) is 43.4 Å². The van der Waals surface area contributed by atoms with Gasteiger partial charge in [-0.2, -0.15) is 13.2 Å². The zero-order valence-corrected chi connectivity index (χ0v) is 17.0. The Bertz CT molecular complexity index is 1130. The highest BCUT2D eigenvalue weighted by Gasteiger charge is 2.50. The van der Waals surface area contributed by atoms with E-state index in [0.717, 1.165) is 26.0 Å². The second-order valence-corrected chi connectivity index (χ2v) is 8.28. The predicted molar refractivity (Wildman–Crippen MR) is 104 cm³/mol. The van der Waals surface area contributed by atoms with Crippen LogP contribution >= 0.6 is 0 Å². The summed E-state index contributed by atoms with van der Waals surface area (Å²) in [7, 11) is 0. The van der Waals surface area contributed by atoms with Gasteiger partial charge in [0.15, 0.2) is 0 Å². The summed E-state index contributed by atoms with van der Waals surface area (Å²) in [5.41, 5.74) is -2.51. The molecule has 0 amide bonds. The van der Waals surface area contributed by atoms with Gasteiger partial charge >= 0.3 is 12.1 Å². The van der Waals surface area contributed by atoms with Crippen molar-refractivity contribution >= 4 is 27.9 Å². The highest BCUT2D eigenvalue weighted by atomic mass is 19.4. The molecule has 4 nitrogen and oxygen atoms in total. The molecular formula is C22H20F6O4. The molecular weight excluding hydrogens is 442 g/mol. The first kappa shape index (κ1) is 23.9. The summed E-state index contributed by atoms with van der Waals surface area (Å²) >= 11 is 0. The number of hydrogen-bond donors (Lipinski definition) is 2. The van der Waals surface area contributed by atoms with Crippen LogP contribution in [0.2, 0.25) is 0 Å². The van der Waals surface area contributed by atoms with Gasteiger partial charge in [0.05, 0.1) is 11.8 Å². The van der Waals surface area contributed by atoms with Crippen LogP contribution in [0.5, 0.6) is 0 Å². The average molecular weight is 462 g/mol. The fraction of sp³-hybridized carbons (Fsp3) is 0.409. The van der Waals surface area contributed by atoms with Crippen LogP contribution in [0.25, 0.3) is 21.9 Å². The molecule has 0 radical (unpaired) electrons. The minimum absolute atomic E-state index is 0.0286. The molecule has 3 rings (SSSR count). The van der Waals surface area contributed by atoms with Crippen molar-refractivity contribution < 1.29 is 45.8 Å². The number of aliphatic carboxylic acids is 1. The maximum Gasteiger partial charge on any atom is 0.396 e. The lowest BCUT2D eigenvalue weighted by molar-refractivity contribution is -0.178. The SMILES string of the molecule is CC(C)(F)C[C@H](C(=O)O)[C@@H](c1ccc2c(c1)oc1ccc(C(O)C(F)F)cc12)C(F)(F)F. The van der Waals surface area contributed by atoms with Gasteiger partial charge in [-0.1, -0.05) is 18.2 Å². The van der Waals surface area contributed by atoms with Gasteiger partial charge in [-0.3, -0.25) is 4.79 Å². The number of aliphatic hydroxyl groups is 1. The molecule has 0 spiro atoms. The number of halogens is 6. The number of furan rings is 1. The number of benzene rings is 2. The Labute approximate surface area is 178 Å². The van der Waals surface area contributed by atoms with Crippen LogP contribution in [0, 0.1) is 5.92 Å². The van der Waals surface area contributed by atoms with E-state index in [4.69, 9.17) is 4.42 Å². The Morgan fingerprint density at radius 1 is 0.969 bits per heavy atom. The summed E-state index contributed by atoms with van der Waals surface area (Å²) in [5, 5.41) is 19.6. The van der Waals surface area contributed by atoms with Gasteiger partial charge in [-0.05, 0) is 49.6 Å². The van der Waals surface area contributed by atoms with E-state index < -0.39 is 54.2 Å². The summed E-state index contributed by atoms with van der Waals surface area (Å²) in [6.45, 7) is 2.01. The van der Waals surface area contributed by atoms with Gasteiger partial charge in [-0.25, -0.2) is 13.2 Å². The van der Waals surface area contributed by atoms with Crippen molar-refractivity contribution in [2.75, 3.05) is 0 Å². The third-order valence-electron chi connectivity index (χ3n) is 5.24. The van der Waals surface area contributed by atoms with Crippen molar-refractivity contribution in [3.8, 4) is 0 Å². The van der Waals surface area contributed by atoms with Crippen molar-refractivity contribution in [1.82, 2.24) is 0 Å². The fourth-order valence-electron chi connectivity index (χ4n) is 3.85. The van der Waals surface area contributed by atoms with E-state index in [1.54, 1.807) is 0 Å². The highest BCUT2D eigenvalue weighted by molar-refractivity contribution is 6.05. The van der Waals surface area contributed by atoms with E-state index in [1.165, 1.54) is 24.3 Å². The van der Waals surface area contributed by atoms with E-state index in [-0.39, 0.29) is 16.7 Å². The van der Waals surface area contributed by atoms with Crippen molar-refractivity contribution in [3.05, 3.63) is 47.5 Å². The van der Waals surface area contributed by atoms with Gasteiger partial charge in [0, 0.05) is 10.8 Å². The molecule has 174 valence electrons. The van der Waals surface area contributed by atoms with Crippen LogP contribution in [-0.4, -0.2) is 34.5 Å². The lowest BCUT2D eigenvalue weighted by Gasteiger charge is -2.29. The lowest BCUT2D eigenvalue weighted by atomic mass is 9.79. The molecule has 0 aliphatic heterocycles. The van der Waals surface area contributed by atoms with E-state index in [9.17, 15) is 41.4 Å². The van der Waals surface area contributed by atoms with Gasteiger partial charge < -0.3 is 14.6 Å². The molecule has 2 N–H and O–H groups in total. The van der Waals surface area contributed by atoms with E-state index in [0.29, 0.717) is 10.8 Å². The first-order valence-corrected chi connectivity index (χ1v) is 9.60. The number of carboxylic acids is 1. The number of fused-ring (bicyclic) bond motifs is 3. The normalized spacial score (nSPS) is 15.9. The first-order valence-electron chi connectivity index (χ1n) is 9.60. The van der Waals surface area contributed by atoms with E-state index in [1.807, 2.05) is 0 Å². The third-order valence-corrected chi connectivity index (χ3v) is 5.24. The Balaban J connectivity index is 2.13. The number of alkyl halides is 6. The van der Waals surface area contributed by atoms with Crippen molar-refractivity contribution in [3.63, 3.8) is 0 Å². The molecule has 0 saturated heterocycles. The third kappa shape index (κ3) is 4.85. The maximum absolute atomic E-state index is 14.1. The molecule has 2 aromatic carbocycles. The molecule has 0 saturated carbocycles. The van der Waals surface area contributed by atoms with Gasteiger partial charge in [0.1, 0.15) is 22.9 Å². The standard InChI is InChI=1S/C22H20F6O4/c1-21(2,25)9-14(20(30)31)17(22(26,27)28)10-3-5-12-13-7-11(18(29)19(23)24)4-6-15(13)32-16(12)8-10/h3-8,14,17-19,29H,9H2,1-2H3,(H,30,31)/t14-,17+,18?/m0/s1. The second-order valence-electron chi connectivity index (χ2n) is 8.28. The molecule has 32 heavy (non-hydrogen) atoms. The molecule has 1 unspecified atom stereocenters. The fourth-order valence-corrected chi connectivity index (χ4v) is 3.85. The summed E-state index contributed by atoms with van der Waals surface area (Å²) in [5.74, 6) is -6.36. The van der Waals surface area contributed by atoms with Gasteiger partial charge in [0.25, 0.3) is 6.43 Å². The van der Waals surface area contributed by atoms with Crippen molar-refractivity contribution in [2.45, 2.75) is 50.6 Å². The lowest BCUT2D eigenvalue weighted by Crippen LogP contribution is -2.36. The summed E-state index contributed by atoms with van der Waals surface area (Å²) in [6, 6.07) is 7.12. The Kier molecular flexibility index (Phi) is 6.21. The smallest absolute Gasteiger partial charge is 0.396 e. The van der Waals surface area contributed by atoms with Crippen molar-refractivity contribution in [1.29, 1.82) is 0 Å². The van der Waals surface area contributed by atoms with Crippen molar-refractivity contribution in [2.24, 2.45) is 5.92 Å². The molecule has 10 heteroatoms. The van der Waals surface area contributed by atoms with Gasteiger partial charge in [-0.15, -0.1) is 0 Å². The molecule has 3 aromatic rings. The van der Waals surface area contributed by atoms with Crippen LogP contribution in [0.3, 0.4) is 0 Å². The molecule has 0 fully saturated rings. The Morgan fingerprint density at radius 3 is 2.12 bits per heavy atom. The summed E-state index contributed by atoms with van der Waals surface area (Å²) in [4.78, 5) is 11.6. The number of carbonyl (C=O) groups is 1. The number of aliphatic hydroxyl groups excluding tert-OH is 1. The van der Waals surface area contributed by atoms with Crippen LogP contribution in [0.15, 0.2) is 40.8 Å². The zero-order valence-electron chi connectivity index (χ0n) is 17.0. The first-order chi connectivity index (χ1) is 14.7. The van der Waals surface area contributed by atoms with Crippen LogP contribution in [-0.2, 0) is 4.79 Å². The largest absolute Gasteiger partial charge is 0.481 e. The number of rotatable bonds is 7. The molecule has 1 aromatic heterocycles. The monoisotopic (exact) mass is 462 g/mol. The minimum atomic E-state index is -4.98. The highest BCUT2D eigenvalue weighted by Crippen LogP contribution is 2.45. The van der Waals surface area contributed by atoms with E-state index >= 15 is 0 Å². The molecule has 3 atom stereocenters. The summed E-state index contributed by atoms with van der Waals surface area (Å²) in [6.07, 6.45) is -10.9. The molecule has 0 aliphatic carbocycles. The summed E-state index contributed by atoms with van der Waals surface area (Å²) < 4.78 is 86.9. The second kappa shape index (κ2) is 8.31. The average Bonchev–Trinajstić information content (AvgIpc) is 3.01. The van der Waals surface area contributed by atoms with Crippen LogP contribution in [0.4, 0.5) is 26.3 Å². The Hall–Kier alpha value is -2.75. The Morgan fingerprint density at radius 2 is 1.59 bits per heavy atom. The van der Waals surface area contributed by atoms with Crippen LogP contribution < -0.4 is 0 Å². The number of hydrogen-bond acceptors (Lipinski definition) is 3. The minimum Gasteiger partial charge on any atom is -0.481 e. The maximum atomic E-state index is 14.1.